The van der Waals surface area contributed by atoms with Crippen molar-refractivity contribution in [2.24, 2.45) is 0 Å². The van der Waals surface area contributed by atoms with Crippen LogP contribution in [0.15, 0.2) is 84.9 Å². The number of hydrogen-bond acceptors (Lipinski definition) is 2. The fourth-order valence-electron chi connectivity index (χ4n) is 4.92. The minimum Gasteiger partial charge on any atom is -0.508 e. The van der Waals surface area contributed by atoms with Crippen molar-refractivity contribution in [3.05, 3.63) is 118 Å². The van der Waals surface area contributed by atoms with E-state index in [-0.39, 0.29) is 5.75 Å². The summed E-state index contributed by atoms with van der Waals surface area (Å²) >= 11 is 0. The molecule has 5 rings (SSSR count). The molecule has 0 unspecified atom stereocenters. The minimum atomic E-state index is -0.510. The molecular weight excluding hydrogens is 356 g/mol. The Bertz CT molecular complexity index is 1190. The Balaban J connectivity index is 1.99. The molecule has 0 spiro atoms. The van der Waals surface area contributed by atoms with Gasteiger partial charge in [0.2, 0.25) is 0 Å². The van der Waals surface area contributed by atoms with Gasteiger partial charge in [-0.05, 0) is 76.6 Å². The molecule has 0 radical (unpaired) electrons. The normalized spacial score (nSPS) is 13.7. The number of fused-ring (bicyclic) bond motifs is 3. The summed E-state index contributed by atoms with van der Waals surface area (Å²) in [6.07, 6.45) is 0. The van der Waals surface area contributed by atoms with E-state index in [1.807, 2.05) is 25.1 Å². The standard InChI is InChI=1S/C27H22O2/c1-17-18(2)26(29)16-15-23(17)27(19-11-13-20(28)14-12-19)24-9-5-3-7-21(24)22-8-4-6-10-25(22)27/h3-16,28-29H,1-2H3. The lowest BCUT2D eigenvalue weighted by molar-refractivity contribution is 0.470. The Labute approximate surface area is 170 Å². The van der Waals surface area contributed by atoms with E-state index in [9.17, 15) is 10.2 Å². The van der Waals surface area contributed by atoms with Crippen LogP contribution in [0.1, 0.15) is 33.4 Å². The highest BCUT2D eigenvalue weighted by molar-refractivity contribution is 5.86. The third-order valence-corrected chi connectivity index (χ3v) is 6.42. The number of rotatable bonds is 2. The fourth-order valence-corrected chi connectivity index (χ4v) is 4.92. The molecule has 29 heavy (non-hydrogen) atoms. The molecule has 0 aliphatic heterocycles. The van der Waals surface area contributed by atoms with Crippen LogP contribution in [0, 0.1) is 13.8 Å². The van der Waals surface area contributed by atoms with Crippen molar-refractivity contribution in [2.75, 3.05) is 0 Å². The Morgan fingerprint density at radius 1 is 0.552 bits per heavy atom. The summed E-state index contributed by atoms with van der Waals surface area (Å²) in [4.78, 5) is 0. The summed E-state index contributed by atoms with van der Waals surface area (Å²) in [5, 5.41) is 20.3. The zero-order valence-corrected chi connectivity index (χ0v) is 16.5. The van der Waals surface area contributed by atoms with Crippen LogP contribution in [-0.2, 0) is 5.41 Å². The molecule has 1 aliphatic rings. The third-order valence-electron chi connectivity index (χ3n) is 6.42. The average molecular weight is 378 g/mol. The van der Waals surface area contributed by atoms with Gasteiger partial charge in [-0.15, -0.1) is 0 Å². The summed E-state index contributed by atoms with van der Waals surface area (Å²) in [5.41, 5.74) is 8.59. The topological polar surface area (TPSA) is 40.5 Å². The number of aromatic hydroxyl groups is 2. The van der Waals surface area contributed by atoms with Gasteiger partial charge in [0, 0.05) is 0 Å². The van der Waals surface area contributed by atoms with E-state index in [2.05, 4.69) is 55.5 Å². The molecule has 0 saturated carbocycles. The molecule has 4 aromatic rings. The lowest BCUT2D eigenvalue weighted by Crippen LogP contribution is -2.29. The summed E-state index contributed by atoms with van der Waals surface area (Å²) in [7, 11) is 0. The maximum Gasteiger partial charge on any atom is 0.118 e. The Hall–Kier alpha value is -3.52. The second kappa shape index (κ2) is 6.25. The van der Waals surface area contributed by atoms with Crippen LogP contribution in [0.2, 0.25) is 0 Å². The minimum absolute atomic E-state index is 0.252. The zero-order valence-electron chi connectivity index (χ0n) is 16.5. The molecule has 142 valence electrons. The predicted octanol–water partition coefficient (Wildman–Crippen LogP) is 6.08. The Kier molecular flexibility index (Phi) is 3.78. The van der Waals surface area contributed by atoms with Crippen LogP contribution >= 0.6 is 0 Å². The highest BCUT2D eigenvalue weighted by Crippen LogP contribution is 2.57. The van der Waals surface area contributed by atoms with Crippen LogP contribution in [0.5, 0.6) is 11.5 Å². The maximum absolute atomic E-state index is 10.3. The number of phenolic OH excluding ortho intramolecular Hbond substituents is 2. The molecule has 0 heterocycles. The van der Waals surface area contributed by atoms with Crippen molar-refractivity contribution >= 4 is 0 Å². The van der Waals surface area contributed by atoms with Crippen LogP contribution in [-0.4, -0.2) is 10.2 Å². The highest BCUT2D eigenvalue weighted by Gasteiger charge is 2.46. The largest absolute Gasteiger partial charge is 0.508 e. The van der Waals surface area contributed by atoms with E-state index in [0.29, 0.717) is 5.75 Å². The van der Waals surface area contributed by atoms with Crippen LogP contribution < -0.4 is 0 Å². The van der Waals surface area contributed by atoms with Gasteiger partial charge in [0.05, 0.1) is 5.41 Å². The van der Waals surface area contributed by atoms with Crippen molar-refractivity contribution in [1.82, 2.24) is 0 Å². The van der Waals surface area contributed by atoms with Gasteiger partial charge in [-0.2, -0.15) is 0 Å². The molecule has 0 atom stereocenters. The Morgan fingerprint density at radius 3 is 1.69 bits per heavy atom. The highest BCUT2D eigenvalue weighted by atomic mass is 16.3. The van der Waals surface area contributed by atoms with Crippen LogP contribution in [0.4, 0.5) is 0 Å². The Morgan fingerprint density at radius 2 is 1.10 bits per heavy atom. The number of benzene rings is 4. The average Bonchev–Trinajstić information content (AvgIpc) is 3.04. The SMILES string of the molecule is Cc1c(O)ccc(C2(c3ccc(O)cc3)c3ccccc3-c3ccccc32)c1C. The lowest BCUT2D eigenvalue weighted by atomic mass is 9.66. The number of phenols is 2. The first-order valence-corrected chi connectivity index (χ1v) is 9.83. The van der Waals surface area contributed by atoms with Gasteiger partial charge in [-0.3, -0.25) is 0 Å². The molecule has 0 amide bonds. The molecule has 1 aliphatic carbocycles. The van der Waals surface area contributed by atoms with E-state index in [1.165, 1.54) is 22.3 Å². The molecule has 0 aromatic heterocycles. The van der Waals surface area contributed by atoms with E-state index < -0.39 is 5.41 Å². The fraction of sp³-hybridized carbons (Fsp3) is 0.111. The summed E-state index contributed by atoms with van der Waals surface area (Å²) in [6, 6.07) is 28.5. The number of hydrogen-bond donors (Lipinski definition) is 2. The third kappa shape index (κ3) is 2.29. The van der Waals surface area contributed by atoms with Crippen molar-refractivity contribution < 1.29 is 10.2 Å². The first-order valence-electron chi connectivity index (χ1n) is 9.83. The van der Waals surface area contributed by atoms with Crippen molar-refractivity contribution in [2.45, 2.75) is 19.3 Å². The predicted molar refractivity (Wildman–Crippen MR) is 117 cm³/mol. The molecule has 2 N–H and O–H groups in total. The van der Waals surface area contributed by atoms with Gasteiger partial charge in [0.1, 0.15) is 11.5 Å². The van der Waals surface area contributed by atoms with E-state index in [1.54, 1.807) is 18.2 Å². The second-order valence-corrected chi connectivity index (χ2v) is 7.77. The summed E-state index contributed by atoms with van der Waals surface area (Å²) in [6.45, 7) is 4.04. The van der Waals surface area contributed by atoms with E-state index in [4.69, 9.17) is 0 Å². The molecule has 0 saturated heterocycles. The summed E-state index contributed by atoms with van der Waals surface area (Å²) in [5.74, 6) is 0.564. The smallest absolute Gasteiger partial charge is 0.118 e. The molecular formula is C27H22O2. The second-order valence-electron chi connectivity index (χ2n) is 7.77. The quantitative estimate of drug-likeness (QED) is 0.391. The van der Waals surface area contributed by atoms with Crippen molar-refractivity contribution in [3.63, 3.8) is 0 Å². The molecule has 4 aromatic carbocycles. The van der Waals surface area contributed by atoms with E-state index >= 15 is 0 Å². The zero-order chi connectivity index (χ0) is 20.2. The first-order chi connectivity index (χ1) is 14.0. The molecule has 2 nitrogen and oxygen atoms in total. The lowest BCUT2D eigenvalue weighted by Gasteiger charge is -2.35. The first kappa shape index (κ1) is 17.6. The van der Waals surface area contributed by atoms with Gasteiger partial charge in [-0.1, -0.05) is 66.7 Å². The van der Waals surface area contributed by atoms with Gasteiger partial charge in [0.25, 0.3) is 0 Å². The molecule has 0 bridgehead atoms. The summed E-state index contributed by atoms with van der Waals surface area (Å²) < 4.78 is 0. The van der Waals surface area contributed by atoms with Crippen molar-refractivity contribution in [1.29, 1.82) is 0 Å². The monoisotopic (exact) mass is 378 g/mol. The van der Waals surface area contributed by atoms with Gasteiger partial charge in [-0.25, -0.2) is 0 Å². The van der Waals surface area contributed by atoms with Gasteiger partial charge < -0.3 is 10.2 Å². The maximum atomic E-state index is 10.3. The molecule has 2 heteroatoms. The van der Waals surface area contributed by atoms with E-state index in [0.717, 1.165) is 22.3 Å². The van der Waals surface area contributed by atoms with Crippen LogP contribution in [0.3, 0.4) is 0 Å². The molecule has 0 fully saturated rings. The van der Waals surface area contributed by atoms with Gasteiger partial charge in [0.15, 0.2) is 0 Å². The van der Waals surface area contributed by atoms with Crippen LogP contribution in [0.25, 0.3) is 11.1 Å². The van der Waals surface area contributed by atoms with Gasteiger partial charge >= 0.3 is 0 Å². The van der Waals surface area contributed by atoms with Crippen molar-refractivity contribution in [3.8, 4) is 22.6 Å².